The molecular formula is C14H12BrN3O2. The third-order valence-electron chi connectivity index (χ3n) is 3.24. The fourth-order valence-corrected chi connectivity index (χ4v) is 2.95. The number of nitriles is 1. The third-order valence-corrected chi connectivity index (χ3v) is 3.99. The van der Waals surface area contributed by atoms with E-state index >= 15 is 0 Å². The van der Waals surface area contributed by atoms with E-state index < -0.39 is 0 Å². The number of halogens is 1. The highest BCUT2D eigenvalue weighted by Crippen LogP contribution is 2.40. The minimum atomic E-state index is 0.372. The van der Waals surface area contributed by atoms with Gasteiger partial charge in [0.2, 0.25) is 0 Å². The number of nitrogens with zero attached hydrogens (tertiary/aromatic N) is 3. The van der Waals surface area contributed by atoms with Gasteiger partial charge in [0.1, 0.15) is 19.3 Å². The molecule has 0 unspecified atom stereocenters. The van der Waals surface area contributed by atoms with Gasteiger partial charge in [0.15, 0.2) is 17.2 Å². The smallest absolute Gasteiger partial charge is 0.177 e. The van der Waals surface area contributed by atoms with Gasteiger partial charge in [-0.1, -0.05) is 0 Å². The first-order chi connectivity index (χ1) is 9.61. The molecule has 1 aromatic carbocycles. The lowest BCUT2D eigenvalue weighted by Gasteiger charge is -2.20. The summed E-state index contributed by atoms with van der Waals surface area (Å²) in [6.07, 6.45) is 0. The van der Waals surface area contributed by atoms with Crippen molar-refractivity contribution in [1.29, 1.82) is 5.26 Å². The van der Waals surface area contributed by atoms with Gasteiger partial charge in [-0.15, -0.1) is 0 Å². The van der Waals surface area contributed by atoms with Gasteiger partial charge >= 0.3 is 0 Å². The summed E-state index contributed by atoms with van der Waals surface area (Å²) < 4.78 is 13.6. The van der Waals surface area contributed by atoms with Crippen LogP contribution in [-0.2, 0) is 7.05 Å². The Balaban J connectivity index is 2.20. The van der Waals surface area contributed by atoms with E-state index in [0.717, 1.165) is 28.3 Å². The lowest BCUT2D eigenvalue weighted by atomic mass is 10.0. The van der Waals surface area contributed by atoms with Crippen molar-refractivity contribution in [2.75, 3.05) is 13.2 Å². The summed E-state index contributed by atoms with van der Waals surface area (Å²) in [6.45, 7) is 3.12. The van der Waals surface area contributed by atoms with Crippen LogP contribution >= 0.6 is 15.9 Å². The van der Waals surface area contributed by atoms with Crippen LogP contribution in [0.5, 0.6) is 11.5 Å². The van der Waals surface area contributed by atoms with Crippen LogP contribution in [0, 0.1) is 18.3 Å². The van der Waals surface area contributed by atoms with Gasteiger partial charge in [0, 0.05) is 12.6 Å². The number of hydrogen-bond acceptors (Lipinski definition) is 4. The molecule has 0 bridgehead atoms. The molecule has 0 radical (unpaired) electrons. The van der Waals surface area contributed by atoms with E-state index in [-0.39, 0.29) is 0 Å². The van der Waals surface area contributed by atoms with E-state index in [2.05, 4.69) is 27.1 Å². The van der Waals surface area contributed by atoms with Crippen LogP contribution in [0.15, 0.2) is 16.6 Å². The second-order valence-electron chi connectivity index (χ2n) is 4.56. The molecule has 0 amide bonds. The van der Waals surface area contributed by atoms with Crippen LogP contribution in [0.1, 0.15) is 11.3 Å². The monoisotopic (exact) mass is 333 g/mol. The van der Waals surface area contributed by atoms with Gasteiger partial charge in [0.05, 0.1) is 10.2 Å². The summed E-state index contributed by atoms with van der Waals surface area (Å²) in [5, 5.41) is 13.3. The molecule has 0 aliphatic carbocycles. The fraction of sp³-hybridized carbons (Fsp3) is 0.286. The molecule has 102 valence electrons. The molecule has 0 saturated carbocycles. The lowest BCUT2D eigenvalue weighted by molar-refractivity contribution is 0.171. The fourth-order valence-electron chi connectivity index (χ4n) is 2.31. The zero-order valence-electron chi connectivity index (χ0n) is 11.1. The van der Waals surface area contributed by atoms with Crippen molar-refractivity contribution in [2.45, 2.75) is 6.92 Å². The highest BCUT2D eigenvalue weighted by Gasteiger charge is 2.20. The highest BCUT2D eigenvalue weighted by molar-refractivity contribution is 9.10. The molecule has 2 aromatic rings. The molecule has 2 heterocycles. The summed E-state index contributed by atoms with van der Waals surface area (Å²) in [7, 11) is 1.82. The van der Waals surface area contributed by atoms with Gasteiger partial charge in [-0.3, -0.25) is 4.68 Å². The van der Waals surface area contributed by atoms with Crippen LogP contribution in [-0.4, -0.2) is 23.0 Å². The van der Waals surface area contributed by atoms with E-state index in [1.165, 1.54) is 0 Å². The molecular weight excluding hydrogens is 322 g/mol. The first-order valence-electron chi connectivity index (χ1n) is 6.15. The van der Waals surface area contributed by atoms with E-state index in [4.69, 9.17) is 14.7 Å². The average molecular weight is 334 g/mol. The average Bonchev–Trinajstić information content (AvgIpc) is 2.73. The first-order valence-corrected chi connectivity index (χ1v) is 6.94. The van der Waals surface area contributed by atoms with Crippen LogP contribution in [0.25, 0.3) is 11.3 Å². The number of aromatic nitrogens is 2. The lowest BCUT2D eigenvalue weighted by Crippen LogP contribution is -2.15. The number of rotatable bonds is 1. The maximum Gasteiger partial charge on any atom is 0.177 e. The minimum Gasteiger partial charge on any atom is -0.486 e. The number of hydrogen-bond donors (Lipinski definition) is 0. The maximum atomic E-state index is 9.06. The predicted octanol–water partition coefficient (Wildman–Crippen LogP) is 2.80. The quantitative estimate of drug-likeness (QED) is 0.805. The molecule has 6 heteroatoms. The Hall–Kier alpha value is -2.00. The molecule has 1 aliphatic heterocycles. The van der Waals surface area contributed by atoms with Crippen LogP contribution in [0.2, 0.25) is 0 Å². The van der Waals surface area contributed by atoms with E-state index in [1.807, 2.05) is 26.1 Å². The van der Waals surface area contributed by atoms with Crippen molar-refractivity contribution in [3.05, 3.63) is 27.9 Å². The van der Waals surface area contributed by atoms with Crippen molar-refractivity contribution in [3.63, 3.8) is 0 Å². The summed E-state index contributed by atoms with van der Waals surface area (Å²) in [5.41, 5.74) is 3.24. The molecule has 0 fully saturated rings. The maximum absolute atomic E-state index is 9.06. The van der Waals surface area contributed by atoms with E-state index in [0.29, 0.717) is 23.4 Å². The molecule has 0 saturated heterocycles. The Kier molecular flexibility index (Phi) is 3.14. The van der Waals surface area contributed by atoms with Crippen LogP contribution in [0.4, 0.5) is 0 Å². The van der Waals surface area contributed by atoms with Gasteiger partial charge in [-0.05, 0) is 40.5 Å². The normalized spacial score (nSPS) is 13.1. The number of aryl methyl sites for hydroxylation is 2. The molecule has 3 rings (SSSR count). The Morgan fingerprint density at radius 1 is 1.30 bits per heavy atom. The molecule has 1 aromatic heterocycles. The molecule has 1 aliphatic rings. The largest absolute Gasteiger partial charge is 0.486 e. The molecule has 0 spiro atoms. The summed E-state index contributed by atoms with van der Waals surface area (Å²) in [5.74, 6) is 1.49. The topological polar surface area (TPSA) is 60.1 Å². The zero-order chi connectivity index (χ0) is 14.3. The minimum absolute atomic E-state index is 0.372. The van der Waals surface area contributed by atoms with Crippen molar-refractivity contribution >= 4 is 15.9 Å². The van der Waals surface area contributed by atoms with Crippen LogP contribution < -0.4 is 9.47 Å². The molecule has 5 nitrogen and oxygen atoms in total. The number of benzene rings is 1. The van der Waals surface area contributed by atoms with E-state index in [9.17, 15) is 0 Å². The Bertz CT molecular complexity index is 731. The Morgan fingerprint density at radius 2 is 1.95 bits per heavy atom. The van der Waals surface area contributed by atoms with Gasteiger partial charge in [-0.25, -0.2) is 0 Å². The van der Waals surface area contributed by atoms with Gasteiger partial charge < -0.3 is 9.47 Å². The zero-order valence-corrected chi connectivity index (χ0v) is 12.7. The number of ether oxygens (including phenoxy) is 2. The van der Waals surface area contributed by atoms with Crippen molar-refractivity contribution < 1.29 is 9.47 Å². The summed E-state index contributed by atoms with van der Waals surface area (Å²) in [6, 6.07) is 5.96. The third kappa shape index (κ3) is 1.95. The van der Waals surface area contributed by atoms with Crippen molar-refractivity contribution in [3.8, 4) is 28.8 Å². The number of fused-ring (bicyclic) bond motifs is 1. The highest BCUT2D eigenvalue weighted by atomic mass is 79.9. The predicted molar refractivity (Wildman–Crippen MR) is 76.8 cm³/mol. The van der Waals surface area contributed by atoms with Gasteiger partial charge in [0.25, 0.3) is 0 Å². The molecule has 20 heavy (non-hydrogen) atoms. The first kappa shape index (κ1) is 13.0. The summed E-state index contributed by atoms with van der Waals surface area (Å²) in [4.78, 5) is 0. The standard InChI is InChI=1S/C14H12BrN3O2/c1-8-5-11-12(20-4-3-19-11)6-9(8)14-13(15)10(7-16)17-18(14)2/h5-6H,3-4H2,1-2H3. The van der Waals surface area contributed by atoms with Gasteiger partial charge in [-0.2, -0.15) is 10.4 Å². The Morgan fingerprint density at radius 3 is 2.55 bits per heavy atom. The summed E-state index contributed by atoms with van der Waals surface area (Å²) >= 11 is 3.45. The van der Waals surface area contributed by atoms with Crippen molar-refractivity contribution in [1.82, 2.24) is 9.78 Å². The molecule has 0 N–H and O–H groups in total. The van der Waals surface area contributed by atoms with Crippen LogP contribution in [0.3, 0.4) is 0 Å². The SMILES string of the molecule is Cc1cc2c(cc1-c1c(Br)c(C#N)nn1C)OCCO2. The molecule has 0 atom stereocenters. The second-order valence-corrected chi connectivity index (χ2v) is 5.35. The second kappa shape index (κ2) is 4.84. The van der Waals surface area contributed by atoms with Crippen molar-refractivity contribution in [2.24, 2.45) is 7.05 Å². The Labute approximate surface area is 124 Å². The van der Waals surface area contributed by atoms with E-state index in [1.54, 1.807) is 4.68 Å².